The first kappa shape index (κ1) is 21.4. The van der Waals surface area contributed by atoms with Gasteiger partial charge in [0.05, 0.1) is 17.7 Å². The van der Waals surface area contributed by atoms with E-state index in [2.05, 4.69) is 0 Å². The molecule has 1 saturated heterocycles. The van der Waals surface area contributed by atoms with Gasteiger partial charge in [-0.05, 0) is 11.6 Å². The van der Waals surface area contributed by atoms with Crippen LogP contribution < -0.4 is 0 Å². The smallest absolute Gasteiger partial charge is 0.321 e. The number of halogens is 6. The van der Waals surface area contributed by atoms with E-state index in [9.17, 15) is 31.1 Å². The maximum absolute atomic E-state index is 12.8. The van der Waals surface area contributed by atoms with E-state index < -0.39 is 36.1 Å². The number of nitrogens with zero attached hydrogens (tertiary/aromatic N) is 4. The lowest BCUT2D eigenvalue weighted by atomic mass is 10.1. The van der Waals surface area contributed by atoms with Crippen LogP contribution in [-0.2, 0) is 12.7 Å². The van der Waals surface area contributed by atoms with Crippen molar-refractivity contribution in [3.8, 4) is 0 Å². The van der Waals surface area contributed by atoms with E-state index in [1.807, 2.05) is 4.90 Å². The highest BCUT2D eigenvalue weighted by atomic mass is 19.4. The van der Waals surface area contributed by atoms with Gasteiger partial charge in [0, 0.05) is 46.0 Å². The van der Waals surface area contributed by atoms with Gasteiger partial charge in [-0.2, -0.15) is 26.3 Å². The summed E-state index contributed by atoms with van der Waals surface area (Å²) >= 11 is 0. The molecule has 2 amide bonds. The molecule has 0 bridgehead atoms. The molecule has 0 unspecified atom stereocenters. The Morgan fingerprint density at radius 1 is 1.00 bits per heavy atom. The summed E-state index contributed by atoms with van der Waals surface area (Å²) in [6, 6.07) is 4.52. The minimum atomic E-state index is -4.49. The fourth-order valence-corrected chi connectivity index (χ4v) is 3.32. The Kier molecular flexibility index (Phi) is 5.81. The number of likely N-dealkylation sites (N-methyl/N-ethyl adjacent to an activating group) is 1. The molecule has 0 radical (unpaired) electrons. The zero-order valence-corrected chi connectivity index (χ0v) is 15.6. The van der Waals surface area contributed by atoms with Crippen molar-refractivity contribution in [3.05, 3.63) is 47.2 Å². The van der Waals surface area contributed by atoms with Gasteiger partial charge in [0.25, 0.3) is 0 Å². The number of amides is 2. The average molecular weight is 422 g/mol. The van der Waals surface area contributed by atoms with Crippen molar-refractivity contribution in [2.45, 2.75) is 18.9 Å². The summed E-state index contributed by atoms with van der Waals surface area (Å²) in [5.74, 6) is 0. The van der Waals surface area contributed by atoms with E-state index in [0.29, 0.717) is 25.2 Å². The zero-order chi connectivity index (χ0) is 21.4. The Morgan fingerprint density at radius 2 is 1.66 bits per heavy atom. The van der Waals surface area contributed by atoms with Gasteiger partial charge in [0.1, 0.15) is 0 Å². The quantitative estimate of drug-likeness (QED) is 0.683. The van der Waals surface area contributed by atoms with Crippen LogP contribution in [0.15, 0.2) is 36.0 Å². The Bertz CT molecular complexity index is 783. The number of carbonyl (C=O) groups excluding carboxylic acids is 1. The molecule has 2 aliphatic rings. The minimum absolute atomic E-state index is 0.275. The van der Waals surface area contributed by atoms with Gasteiger partial charge in [0.2, 0.25) is 0 Å². The van der Waals surface area contributed by atoms with E-state index in [4.69, 9.17) is 0 Å². The predicted molar refractivity (Wildman–Crippen MR) is 92.3 cm³/mol. The van der Waals surface area contributed by atoms with Gasteiger partial charge in [0.15, 0.2) is 0 Å². The summed E-state index contributed by atoms with van der Waals surface area (Å²) in [6.45, 7) is 1.28. The largest absolute Gasteiger partial charge is 0.416 e. The van der Waals surface area contributed by atoms with Crippen LogP contribution in [0.4, 0.5) is 31.1 Å². The molecule has 2 aliphatic heterocycles. The normalized spacial score (nSPS) is 19.6. The van der Waals surface area contributed by atoms with Crippen molar-refractivity contribution in [2.24, 2.45) is 0 Å². The first-order valence-corrected chi connectivity index (χ1v) is 8.91. The van der Waals surface area contributed by atoms with E-state index in [1.54, 1.807) is 6.07 Å². The standard InChI is InChI=1S/C18H20F6N4O/c1-25-11-15(18(22,23)24)12-28(25)16(29)27-7-5-26(6-8-27)10-13-3-2-4-14(9-13)17(19,20)21/h2-4,9,12H,5-8,10-11H2,1H3. The lowest BCUT2D eigenvalue weighted by Gasteiger charge is -2.37. The van der Waals surface area contributed by atoms with Crippen molar-refractivity contribution in [1.82, 2.24) is 19.8 Å². The SMILES string of the molecule is CN1CC(C(F)(F)F)=CN1C(=O)N1CCN(Cc2cccc(C(F)(F)F)c2)CC1. The van der Waals surface area contributed by atoms with Crippen LogP contribution in [0.2, 0.25) is 0 Å². The second-order valence-electron chi connectivity index (χ2n) is 7.06. The number of hydrogen-bond acceptors (Lipinski definition) is 3. The van der Waals surface area contributed by atoms with Crippen molar-refractivity contribution in [1.29, 1.82) is 0 Å². The second kappa shape index (κ2) is 7.86. The highest BCUT2D eigenvalue weighted by molar-refractivity contribution is 5.75. The molecule has 160 valence electrons. The number of hydrazine groups is 1. The lowest BCUT2D eigenvalue weighted by Crippen LogP contribution is -2.53. The number of urea groups is 1. The van der Waals surface area contributed by atoms with E-state index in [1.165, 1.54) is 23.0 Å². The van der Waals surface area contributed by atoms with Gasteiger partial charge in [-0.1, -0.05) is 18.2 Å². The van der Waals surface area contributed by atoms with Crippen LogP contribution in [0.25, 0.3) is 0 Å². The van der Waals surface area contributed by atoms with Crippen LogP contribution >= 0.6 is 0 Å². The second-order valence-corrected chi connectivity index (χ2v) is 7.06. The van der Waals surface area contributed by atoms with E-state index in [-0.39, 0.29) is 13.1 Å². The van der Waals surface area contributed by atoms with Gasteiger partial charge < -0.3 is 4.90 Å². The van der Waals surface area contributed by atoms with Crippen LogP contribution in [0.1, 0.15) is 11.1 Å². The van der Waals surface area contributed by atoms with E-state index in [0.717, 1.165) is 23.3 Å². The topological polar surface area (TPSA) is 30.0 Å². The summed E-state index contributed by atoms with van der Waals surface area (Å²) in [5.41, 5.74) is -0.999. The van der Waals surface area contributed by atoms with Crippen molar-refractivity contribution < 1.29 is 31.1 Å². The minimum Gasteiger partial charge on any atom is -0.321 e. The van der Waals surface area contributed by atoms with Crippen LogP contribution in [0, 0.1) is 0 Å². The zero-order valence-electron chi connectivity index (χ0n) is 15.6. The molecule has 0 aliphatic carbocycles. The number of piperazine rings is 1. The van der Waals surface area contributed by atoms with Crippen LogP contribution in [0.5, 0.6) is 0 Å². The summed E-state index contributed by atoms with van der Waals surface area (Å²) in [4.78, 5) is 15.9. The first-order chi connectivity index (χ1) is 13.4. The maximum Gasteiger partial charge on any atom is 0.416 e. The monoisotopic (exact) mass is 422 g/mol. The van der Waals surface area contributed by atoms with E-state index >= 15 is 0 Å². The molecule has 0 N–H and O–H groups in total. The van der Waals surface area contributed by atoms with Crippen molar-refractivity contribution in [3.63, 3.8) is 0 Å². The van der Waals surface area contributed by atoms with Gasteiger partial charge >= 0.3 is 18.4 Å². The molecule has 0 saturated carbocycles. The number of benzene rings is 1. The summed E-state index contributed by atoms with van der Waals surface area (Å²) in [6.07, 6.45) is -8.10. The molecule has 0 atom stereocenters. The van der Waals surface area contributed by atoms with Crippen LogP contribution in [-0.4, -0.2) is 71.8 Å². The Hall–Kier alpha value is -2.27. The highest BCUT2D eigenvalue weighted by Crippen LogP contribution is 2.31. The molecular weight excluding hydrogens is 402 g/mol. The number of hydrogen-bond donors (Lipinski definition) is 0. The first-order valence-electron chi connectivity index (χ1n) is 8.91. The maximum atomic E-state index is 12.8. The fraction of sp³-hybridized carbons (Fsp3) is 0.500. The van der Waals surface area contributed by atoms with Gasteiger partial charge in [-0.25, -0.2) is 14.8 Å². The Balaban J connectivity index is 1.57. The third kappa shape index (κ3) is 5.02. The molecule has 1 aromatic rings. The molecule has 0 aromatic heterocycles. The summed E-state index contributed by atoms with van der Waals surface area (Å²) < 4.78 is 77.0. The molecule has 11 heteroatoms. The number of alkyl halides is 6. The third-order valence-corrected chi connectivity index (χ3v) is 4.91. The Morgan fingerprint density at radius 3 is 2.21 bits per heavy atom. The Labute approximate surface area is 163 Å². The molecule has 5 nitrogen and oxygen atoms in total. The van der Waals surface area contributed by atoms with Crippen molar-refractivity contribution >= 4 is 6.03 Å². The number of carbonyl (C=O) groups is 1. The molecule has 3 rings (SSSR count). The molecule has 2 heterocycles. The third-order valence-electron chi connectivity index (χ3n) is 4.91. The molecule has 0 spiro atoms. The fourth-order valence-electron chi connectivity index (χ4n) is 3.32. The molecule has 1 aromatic carbocycles. The highest BCUT2D eigenvalue weighted by Gasteiger charge is 2.41. The summed E-state index contributed by atoms with van der Waals surface area (Å²) in [5, 5.41) is 2.14. The molecular formula is C18H20F6N4O. The van der Waals surface area contributed by atoms with Gasteiger partial charge in [-0.3, -0.25) is 4.90 Å². The molecule has 29 heavy (non-hydrogen) atoms. The molecule has 1 fully saturated rings. The predicted octanol–water partition coefficient (Wildman–Crippen LogP) is 3.55. The summed E-state index contributed by atoms with van der Waals surface area (Å²) in [7, 11) is 1.40. The van der Waals surface area contributed by atoms with Crippen LogP contribution in [0.3, 0.4) is 0 Å². The van der Waals surface area contributed by atoms with Gasteiger partial charge in [-0.15, -0.1) is 0 Å². The lowest BCUT2D eigenvalue weighted by molar-refractivity contribution is -0.137. The number of rotatable bonds is 2. The van der Waals surface area contributed by atoms with Crippen molar-refractivity contribution in [2.75, 3.05) is 39.8 Å². The average Bonchev–Trinajstić information content (AvgIpc) is 3.03.